The maximum atomic E-state index is 11.3. The number of β-amino-alcohol motifs (C(OH)–C–C–N with tert-alkyl or cyclic N) is 1. The van der Waals surface area contributed by atoms with Crippen molar-refractivity contribution in [3.05, 3.63) is 70.4 Å². The Morgan fingerprint density at radius 1 is 1.33 bits per heavy atom. The average molecular weight is 514 g/mol. The van der Waals surface area contributed by atoms with Crippen LogP contribution in [0.5, 0.6) is 0 Å². The van der Waals surface area contributed by atoms with E-state index in [9.17, 15) is 9.90 Å². The van der Waals surface area contributed by atoms with Gasteiger partial charge in [0.15, 0.2) is 0 Å². The molecule has 1 fully saturated rings. The fourth-order valence-electron chi connectivity index (χ4n) is 3.44. The Balaban J connectivity index is 0.00000261. The molecule has 138 valence electrons. The summed E-state index contributed by atoms with van der Waals surface area (Å²) in [6.45, 7) is 2.35. The second-order valence-corrected chi connectivity index (χ2v) is 7.14. The predicted octanol–water partition coefficient (Wildman–Crippen LogP) is 3.78. The van der Waals surface area contributed by atoms with Gasteiger partial charge in [0, 0.05) is 37.9 Å². The molecule has 0 saturated carbocycles. The van der Waals surface area contributed by atoms with Crippen molar-refractivity contribution in [3.8, 4) is 0 Å². The molecule has 27 heavy (non-hydrogen) atoms. The van der Waals surface area contributed by atoms with Gasteiger partial charge in [0.1, 0.15) is 0 Å². The number of hydrogen-bond donors (Lipinski definition) is 1. The summed E-state index contributed by atoms with van der Waals surface area (Å²) in [5.74, 6) is -0.783. The van der Waals surface area contributed by atoms with E-state index in [2.05, 4.69) is 21.9 Å². The van der Waals surface area contributed by atoms with Gasteiger partial charge in [-0.3, -0.25) is 4.90 Å². The van der Waals surface area contributed by atoms with Gasteiger partial charge in [-0.2, -0.15) is 0 Å². The first-order valence-electron chi connectivity index (χ1n) is 8.69. The first-order valence-corrected chi connectivity index (χ1v) is 9.07. The van der Waals surface area contributed by atoms with Crippen molar-refractivity contribution in [2.24, 2.45) is 0 Å². The Morgan fingerprint density at radius 2 is 2.04 bits per heavy atom. The molecule has 0 aromatic heterocycles. The van der Waals surface area contributed by atoms with Crippen molar-refractivity contribution in [1.82, 2.24) is 4.90 Å². The maximum Gasteiger partial charge on any atom is 3.00 e. The second-order valence-electron chi connectivity index (χ2n) is 6.73. The topological polar surface area (TPSA) is 67.6 Å². The minimum atomic E-state index is -0.783. The first kappa shape index (κ1) is 22.6. The van der Waals surface area contributed by atoms with Crippen LogP contribution >= 0.6 is 11.6 Å². The number of anilines is 1. The zero-order valence-corrected chi connectivity index (χ0v) is 19.8. The summed E-state index contributed by atoms with van der Waals surface area (Å²) in [7, 11) is 2.00. The molecule has 7 heteroatoms. The van der Waals surface area contributed by atoms with Crippen LogP contribution in [0.25, 0.3) is 5.73 Å². The Morgan fingerprint density at radius 3 is 2.59 bits per heavy atom. The average Bonchev–Trinajstić information content (AvgIpc) is 3.04. The third-order valence-corrected chi connectivity index (χ3v) is 5.25. The molecule has 1 aliphatic heterocycles. The molecule has 2 unspecified atom stereocenters. The number of halogens is 1. The van der Waals surface area contributed by atoms with Crippen molar-refractivity contribution in [2.75, 3.05) is 31.6 Å². The molecule has 1 saturated heterocycles. The quantitative estimate of drug-likeness (QED) is 0.638. The van der Waals surface area contributed by atoms with E-state index >= 15 is 0 Å². The van der Waals surface area contributed by atoms with Crippen LogP contribution in [0.4, 0.5) is 5.69 Å². The fraction of sp³-hybridized carbons (Fsp3) is 0.350. The number of carbonyl (C=O) groups is 1. The smallest absolute Gasteiger partial charge is 0.664 e. The monoisotopic (exact) mass is 513 g/mol. The van der Waals surface area contributed by atoms with Crippen molar-refractivity contribution < 1.29 is 51.2 Å². The van der Waals surface area contributed by atoms with Gasteiger partial charge in [-0.25, -0.2) is 0 Å². The van der Waals surface area contributed by atoms with E-state index in [1.807, 2.05) is 31.3 Å². The third kappa shape index (κ3) is 5.64. The molecule has 0 spiro atoms. The van der Waals surface area contributed by atoms with Gasteiger partial charge >= 0.3 is 41.3 Å². The molecule has 0 aliphatic carbocycles. The summed E-state index contributed by atoms with van der Waals surface area (Å²) < 4.78 is 0. The van der Waals surface area contributed by atoms with Crippen molar-refractivity contribution >= 4 is 23.2 Å². The maximum absolute atomic E-state index is 11.3. The van der Waals surface area contributed by atoms with Crippen LogP contribution < -0.4 is 4.90 Å². The van der Waals surface area contributed by atoms with Gasteiger partial charge < -0.3 is 20.5 Å². The molecule has 2 atom stereocenters. The van der Waals surface area contributed by atoms with Crippen LogP contribution in [0.2, 0.25) is 5.02 Å². The zero-order chi connectivity index (χ0) is 18.7. The minimum Gasteiger partial charge on any atom is -0.664 e. The summed E-state index contributed by atoms with van der Waals surface area (Å²) in [6, 6.07) is 15.5. The largest absolute Gasteiger partial charge is 3.00 e. The van der Waals surface area contributed by atoms with E-state index in [-0.39, 0.29) is 64.0 Å². The van der Waals surface area contributed by atoms with E-state index in [0.717, 1.165) is 25.2 Å². The molecule has 3 rings (SSSR count). The Bertz CT molecular complexity index is 775. The van der Waals surface area contributed by atoms with Crippen LogP contribution in [0.15, 0.2) is 48.5 Å². The standard InChI is InChI=1S/C20H24ClN3O2.Pr/c1-23(15-7-8-17(20(22)26)18(21)11-15)19(14-5-3-2-4-6-14)13-24-10-9-16(25)12-24;/h2-8,11,16,19,25H,9-10,12-13H2,1H3,(H2,22,26);/q;+3/p-1. The number of benzene rings is 2. The number of amides is 1. The summed E-state index contributed by atoms with van der Waals surface area (Å²) >= 11 is 6.20. The number of nitrogens with one attached hydrogen (secondary N) is 1. The SMILES string of the molecule is CN(c1ccc(C([NH-])=O)c(Cl)c1)C(CN1CCC(O)C1)c1ccccc1.[Pr+3]. The number of carbonyl (C=O) groups excluding carboxylic acids is 1. The van der Waals surface area contributed by atoms with Crippen LogP contribution in [0.1, 0.15) is 28.4 Å². The van der Waals surface area contributed by atoms with E-state index in [1.165, 1.54) is 5.56 Å². The van der Waals surface area contributed by atoms with E-state index in [0.29, 0.717) is 6.54 Å². The van der Waals surface area contributed by atoms with Gasteiger partial charge in [-0.05, 0) is 30.2 Å². The molecule has 2 aromatic carbocycles. The van der Waals surface area contributed by atoms with Gasteiger partial charge in [0.25, 0.3) is 0 Å². The molecule has 1 amide bonds. The molecule has 0 bridgehead atoms. The van der Waals surface area contributed by atoms with Gasteiger partial charge in [-0.1, -0.05) is 41.9 Å². The van der Waals surface area contributed by atoms with E-state index < -0.39 is 5.91 Å². The van der Waals surface area contributed by atoms with Crippen LogP contribution in [0.3, 0.4) is 0 Å². The molecular weight excluding hydrogens is 491 g/mol. The number of rotatable bonds is 6. The minimum absolute atomic E-state index is 0. The first-order chi connectivity index (χ1) is 12.5. The van der Waals surface area contributed by atoms with Gasteiger partial charge in [0.2, 0.25) is 0 Å². The number of likely N-dealkylation sites (N-methyl/N-ethyl adjacent to an activating group) is 1. The number of hydrogen-bond acceptors (Lipinski definition) is 4. The summed E-state index contributed by atoms with van der Waals surface area (Å²) in [4.78, 5) is 15.7. The van der Waals surface area contributed by atoms with Crippen LogP contribution in [-0.2, 0) is 0 Å². The molecular formula is C20H23ClN3O2Pr+2. The third-order valence-electron chi connectivity index (χ3n) is 4.94. The Hall–Kier alpha value is -0.716. The van der Waals surface area contributed by atoms with E-state index in [1.54, 1.807) is 12.1 Å². The molecule has 1 heterocycles. The number of likely N-dealkylation sites (tertiary alicyclic amines) is 1. The van der Waals surface area contributed by atoms with Crippen molar-refractivity contribution in [3.63, 3.8) is 0 Å². The summed E-state index contributed by atoms with van der Waals surface area (Å²) in [6.07, 6.45) is 0.547. The molecule has 0 radical (unpaired) electrons. The molecule has 2 aromatic rings. The normalized spacial score (nSPS) is 18.0. The molecule has 2 N–H and O–H groups in total. The van der Waals surface area contributed by atoms with Crippen molar-refractivity contribution in [1.29, 1.82) is 0 Å². The van der Waals surface area contributed by atoms with Gasteiger partial charge in [0.05, 0.1) is 23.1 Å². The molecule has 1 aliphatic rings. The molecule has 5 nitrogen and oxygen atoms in total. The van der Waals surface area contributed by atoms with E-state index in [4.69, 9.17) is 17.3 Å². The van der Waals surface area contributed by atoms with Gasteiger partial charge in [-0.15, -0.1) is 0 Å². The Labute approximate surface area is 198 Å². The number of nitrogens with zero attached hydrogens (tertiary/aromatic N) is 2. The fourth-order valence-corrected chi connectivity index (χ4v) is 3.70. The van der Waals surface area contributed by atoms with Crippen molar-refractivity contribution in [2.45, 2.75) is 18.6 Å². The van der Waals surface area contributed by atoms with Crippen LogP contribution in [0, 0.1) is 41.3 Å². The summed E-state index contributed by atoms with van der Waals surface area (Å²) in [5, 5.41) is 10.1. The summed E-state index contributed by atoms with van der Waals surface area (Å²) in [5.41, 5.74) is 9.53. The number of aliphatic hydroxyl groups is 1. The Kier molecular flexibility index (Phi) is 8.50. The predicted molar refractivity (Wildman–Crippen MR) is 105 cm³/mol. The zero-order valence-electron chi connectivity index (χ0n) is 15.3. The van der Waals surface area contributed by atoms with Crippen LogP contribution in [-0.4, -0.2) is 48.7 Å². The number of aliphatic hydroxyl groups excluding tert-OH is 1. The second kappa shape index (κ2) is 10.2.